The van der Waals surface area contributed by atoms with E-state index in [1.165, 1.54) is 0 Å². The second kappa shape index (κ2) is 6.75. The lowest BCUT2D eigenvalue weighted by molar-refractivity contribution is -0.132. The molecule has 0 radical (unpaired) electrons. The zero-order chi connectivity index (χ0) is 14.5. The lowest BCUT2D eigenvalue weighted by atomic mass is 10.2. The van der Waals surface area contributed by atoms with Crippen LogP contribution >= 0.6 is 0 Å². The van der Waals surface area contributed by atoms with E-state index in [0.717, 1.165) is 26.2 Å². The van der Waals surface area contributed by atoms with Gasteiger partial charge in [0.25, 0.3) is 0 Å². The summed E-state index contributed by atoms with van der Waals surface area (Å²) >= 11 is 0. The summed E-state index contributed by atoms with van der Waals surface area (Å²) in [6.45, 7) is 9.09. The maximum absolute atomic E-state index is 11.9. The third-order valence-corrected chi connectivity index (χ3v) is 2.86. The van der Waals surface area contributed by atoms with Gasteiger partial charge in [-0.15, -0.1) is 0 Å². The topological polar surface area (TPSA) is 61.9 Å². The average Bonchev–Trinajstić information content (AvgIpc) is 2.27. The Morgan fingerprint density at radius 3 is 2.26 bits per heavy atom. The molecule has 19 heavy (non-hydrogen) atoms. The first-order valence-electron chi connectivity index (χ1n) is 6.71. The van der Waals surface area contributed by atoms with Crippen molar-refractivity contribution in [2.24, 2.45) is 0 Å². The second-order valence-electron chi connectivity index (χ2n) is 5.86. The highest BCUT2D eigenvalue weighted by Crippen LogP contribution is 2.06. The summed E-state index contributed by atoms with van der Waals surface area (Å²) in [6, 6.07) is 0. The van der Waals surface area contributed by atoms with E-state index in [0.29, 0.717) is 13.0 Å². The number of amides is 2. The van der Waals surface area contributed by atoms with Gasteiger partial charge in [-0.1, -0.05) is 0 Å². The number of carbonyl (C=O) groups excluding carboxylic acids is 2. The summed E-state index contributed by atoms with van der Waals surface area (Å²) in [5.74, 6) is 0.0872. The fourth-order valence-electron chi connectivity index (χ4n) is 1.80. The van der Waals surface area contributed by atoms with Crippen molar-refractivity contribution in [2.45, 2.75) is 32.8 Å². The Hall–Kier alpha value is -1.30. The van der Waals surface area contributed by atoms with Crippen LogP contribution in [0.3, 0.4) is 0 Å². The summed E-state index contributed by atoms with van der Waals surface area (Å²) < 4.78 is 5.10. The fourth-order valence-corrected chi connectivity index (χ4v) is 1.80. The van der Waals surface area contributed by atoms with Crippen molar-refractivity contribution in [3.05, 3.63) is 0 Å². The van der Waals surface area contributed by atoms with Gasteiger partial charge in [-0.25, -0.2) is 4.79 Å². The first-order valence-corrected chi connectivity index (χ1v) is 6.71. The predicted octanol–water partition coefficient (Wildman–Crippen LogP) is 0.675. The first-order chi connectivity index (χ1) is 8.78. The smallest absolute Gasteiger partial charge is 0.407 e. The number of nitrogens with zero attached hydrogens (tertiary/aromatic N) is 2. The number of nitrogens with one attached hydrogen (secondary N) is 1. The van der Waals surface area contributed by atoms with E-state index < -0.39 is 11.7 Å². The molecule has 0 aromatic rings. The van der Waals surface area contributed by atoms with E-state index in [4.69, 9.17) is 4.74 Å². The zero-order valence-corrected chi connectivity index (χ0v) is 12.4. The van der Waals surface area contributed by atoms with Crippen LogP contribution in [0, 0.1) is 0 Å². The minimum absolute atomic E-state index is 0.0872. The van der Waals surface area contributed by atoms with Crippen LogP contribution in [-0.4, -0.2) is 67.2 Å². The lowest BCUT2D eigenvalue weighted by Crippen LogP contribution is -2.47. The van der Waals surface area contributed by atoms with Gasteiger partial charge >= 0.3 is 6.09 Å². The standard InChI is InChI=1S/C13H25N3O3/c1-13(2,3)19-12(18)14-6-5-11(17)16-9-7-15(4)8-10-16/h5-10H2,1-4H3,(H,14,18). The van der Waals surface area contributed by atoms with Gasteiger partial charge in [0, 0.05) is 39.1 Å². The van der Waals surface area contributed by atoms with Gasteiger partial charge in [-0.2, -0.15) is 0 Å². The van der Waals surface area contributed by atoms with Crippen LogP contribution in [0.25, 0.3) is 0 Å². The van der Waals surface area contributed by atoms with Gasteiger partial charge in [0.15, 0.2) is 0 Å². The molecule has 6 nitrogen and oxygen atoms in total. The van der Waals surface area contributed by atoms with Gasteiger partial charge in [-0.05, 0) is 27.8 Å². The molecule has 2 amide bonds. The molecule has 0 unspecified atom stereocenters. The number of rotatable bonds is 3. The predicted molar refractivity (Wildman–Crippen MR) is 72.9 cm³/mol. The van der Waals surface area contributed by atoms with Crippen LogP contribution in [0.15, 0.2) is 0 Å². The molecular formula is C13H25N3O3. The van der Waals surface area contributed by atoms with Crippen LogP contribution in [0.4, 0.5) is 4.79 Å². The van der Waals surface area contributed by atoms with Crippen LogP contribution in [0.1, 0.15) is 27.2 Å². The summed E-state index contributed by atoms with van der Waals surface area (Å²) in [5.41, 5.74) is -0.508. The Morgan fingerprint density at radius 2 is 1.74 bits per heavy atom. The maximum Gasteiger partial charge on any atom is 0.407 e. The lowest BCUT2D eigenvalue weighted by Gasteiger charge is -2.32. The minimum Gasteiger partial charge on any atom is -0.444 e. The molecule has 0 atom stereocenters. The van der Waals surface area contributed by atoms with Crippen molar-refractivity contribution in [3.63, 3.8) is 0 Å². The van der Waals surface area contributed by atoms with Gasteiger partial charge in [0.1, 0.15) is 5.60 Å². The molecule has 1 saturated heterocycles. The van der Waals surface area contributed by atoms with E-state index in [1.807, 2.05) is 32.7 Å². The van der Waals surface area contributed by atoms with Crippen LogP contribution in [0.2, 0.25) is 0 Å². The van der Waals surface area contributed by atoms with Gasteiger partial charge < -0.3 is 19.9 Å². The third kappa shape index (κ3) is 6.42. The number of hydrogen-bond donors (Lipinski definition) is 1. The Balaban J connectivity index is 2.18. The number of ether oxygens (including phenoxy) is 1. The zero-order valence-electron chi connectivity index (χ0n) is 12.4. The van der Waals surface area contributed by atoms with Crippen LogP contribution < -0.4 is 5.32 Å². The highest BCUT2D eigenvalue weighted by Gasteiger charge is 2.19. The third-order valence-electron chi connectivity index (χ3n) is 2.86. The largest absolute Gasteiger partial charge is 0.444 e. The van der Waals surface area contributed by atoms with Crippen LogP contribution in [0.5, 0.6) is 0 Å². The van der Waals surface area contributed by atoms with Crippen molar-refractivity contribution < 1.29 is 14.3 Å². The van der Waals surface area contributed by atoms with E-state index in [2.05, 4.69) is 10.2 Å². The van der Waals surface area contributed by atoms with E-state index >= 15 is 0 Å². The van der Waals surface area contributed by atoms with Gasteiger partial charge in [0.05, 0.1) is 0 Å². The molecule has 1 rings (SSSR count). The Kier molecular flexibility index (Phi) is 5.60. The number of piperazine rings is 1. The van der Waals surface area contributed by atoms with Gasteiger partial charge in [0.2, 0.25) is 5.91 Å². The molecule has 0 aliphatic carbocycles. The van der Waals surface area contributed by atoms with Crippen molar-refractivity contribution in [2.75, 3.05) is 39.8 Å². The molecule has 0 aromatic carbocycles. The maximum atomic E-state index is 11.9. The number of carbonyl (C=O) groups is 2. The second-order valence-corrected chi connectivity index (χ2v) is 5.86. The van der Waals surface area contributed by atoms with Crippen LogP contribution in [-0.2, 0) is 9.53 Å². The quantitative estimate of drug-likeness (QED) is 0.820. The monoisotopic (exact) mass is 271 g/mol. The summed E-state index contributed by atoms with van der Waals surface area (Å²) in [6.07, 6.45) is -0.151. The molecule has 1 heterocycles. The van der Waals surface area contributed by atoms with Gasteiger partial charge in [-0.3, -0.25) is 4.79 Å². The van der Waals surface area contributed by atoms with E-state index in [1.54, 1.807) is 0 Å². The van der Waals surface area contributed by atoms with Crippen molar-refractivity contribution in [1.29, 1.82) is 0 Å². The number of hydrogen-bond acceptors (Lipinski definition) is 4. The SMILES string of the molecule is CN1CCN(C(=O)CCNC(=O)OC(C)(C)C)CC1. The van der Waals surface area contributed by atoms with E-state index in [-0.39, 0.29) is 5.91 Å². The van der Waals surface area contributed by atoms with E-state index in [9.17, 15) is 9.59 Å². The number of alkyl carbamates (subject to hydrolysis) is 1. The Morgan fingerprint density at radius 1 is 1.16 bits per heavy atom. The summed E-state index contributed by atoms with van der Waals surface area (Å²) in [4.78, 5) is 27.3. The molecule has 6 heteroatoms. The minimum atomic E-state index is -0.508. The normalized spacial score (nSPS) is 17.2. The highest BCUT2D eigenvalue weighted by molar-refractivity contribution is 5.77. The fraction of sp³-hybridized carbons (Fsp3) is 0.846. The molecule has 0 bridgehead atoms. The molecule has 110 valence electrons. The van der Waals surface area contributed by atoms with Crippen molar-refractivity contribution in [3.8, 4) is 0 Å². The Bertz CT molecular complexity index is 318. The van der Waals surface area contributed by atoms with Crippen molar-refractivity contribution >= 4 is 12.0 Å². The summed E-state index contributed by atoms with van der Waals surface area (Å²) in [7, 11) is 2.05. The molecule has 0 saturated carbocycles. The molecule has 0 aromatic heterocycles. The first kappa shape index (κ1) is 15.8. The number of likely N-dealkylation sites (N-methyl/N-ethyl adjacent to an activating group) is 1. The average molecular weight is 271 g/mol. The summed E-state index contributed by atoms with van der Waals surface area (Å²) in [5, 5.41) is 2.60. The molecule has 1 N–H and O–H groups in total. The molecule has 1 aliphatic rings. The molecular weight excluding hydrogens is 246 g/mol. The highest BCUT2D eigenvalue weighted by atomic mass is 16.6. The van der Waals surface area contributed by atoms with Crippen molar-refractivity contribution in [1.82, 2.24) is 15.1 Å². The molecule has 0 spiro atoms. The molecule has 1 aliphatic heterocycles. The Labute approximate surface area is 115 Å². The molecule has 1 fully saturated rings.